The zero-order valence-electron chi connectivity index (χ0n) is 10.6. The van der Waals surface area contributed by atoms with E-state index < -0.39 is 18.8 Å². The number of nitrogens with one attached hydrogen (secondary N) is 1. The van der Waals surface area contributed by atoms with Crippen LogP contribution in [0.2, 0.25) is 10.0 Å². The Morgan fingerprint density at radius 1 is 1.24 bits per heavy atom. The lowest BCUT2D eigenvalue weighted by atomic mass is 10.1. The van der Waals surface area contributed by atoms with E-state index in [-0.39, 0.29) is 16.3 Å². The van der Waals surface area contributed by atoms with Gasteiger partial charge >= 0.3 is 0 Å². The van der Waals surface area contributed by atoms with Crippen molar-refractivity contribution < 1.29 is 13.6 Å². The lowest BCUT2D eigenvalue weighted by Gasteiger charge is -2.09. The molecule has 0 aliphatic heterocycles. The number of hydrogen-bond donors (Lipinski definition) is 1. The highest BCUT2D eigenvalue weighted by atomic mass is 35.5. The number of pyridine rings is 1. The van der Waals surface area contributed by atoms with Crippen LogP contribution in [-0.4, -0.2) is 17.3 Å². The average Bonchev–Trinajstić information content (AvgIpc) is 2.42. The van der Waals surface area contributed by atoms with Crippen LogP contribution < -0.4 is 5.32 Å². The van der Waals surface area contributed by atoms with Crippen LogP contribution in [0.5, 0.6) is 0 Å². The summed E-state index contributed by atoms with van der Waals surface area (Å²) < 4.78 is 24.9. The number of nitrogens with zero attached hydrogens (tertiary/aromatic N) is 1. The summed E-state index contributed by atoms with van der Waals surface area (Å²) in [5.41, 5.74) is 0.815. The largest absolute Gasteiger partial charge is 0.321 e. The first kappa shape index (κ1) is 15.7. The van der Waals surface area contributed by atoms with Crippen LogP contribution in [0.25, 0.3) is 0 Å². The van der Waals surface area contributed by atoms with Crippen LogP contribution in [0.3, 0.4) is 0 Å². The smallest absolute Gasteiger partial charge is 0.274 e. The predicted octanol–water partition coefficient (Wildman–Crippen LogP) is 4.45. The molecule has 0 saturated heterocycles. The SMILES string of the molecule is O=C(Nc1ccc(Cl)c(CC(F)F)c1)c1ccc(Cl)cn1. The van der Waals surface area contributed by atoms with Gasteiger partial charge < -0.3 is 5.32 Å². The second-order valence-electron chi connectivity index (χ2n) is 4.22. The van der Waals surface area contributed by atoms with E-state index in [9.17, 15) is 13.6 Å². The molecular formula is C14H10Cl2F2N2O. The van der Waals surface area contributed by atoms with Crippen molar-refractivity contribution in [3.63, 3.8) is 0 Å². The molecule has 2 rings (SSSR count). The molecule has 1 amide bonds. The number of benzene rings is 1. The Labute approximate surface area is 129 Å². The summed E-state index contributed by atoms with van der Waals surface area (Å²) in [6, 6.07) is 7.42. The molecule has 2 aromatic rings. The van der Waals surface area contributed by atoms with Crippen molar-refractivity contribution >= 4 is 34.8 Å². The van der Waals surface area contributed by atoms with Gasteiger partial charge in [0.05, 0.1) is 5.02 Å². The van der Waals surface area contributed by atoms with Crippen LogP contribution in [0.4, 0.5) is 14.5 Å². The molecule has 0 unspecified atom stereocenters. The first-order valence-electron chi connectivity index (χ1n) is 5.95. The molecule has 7 heteroatoms. The number of anilines is 1. The van der Waals surface area contributed by atoms with Gasteiger partial charge in [-0.15, -0.1) is 0 Å². The summed E-state index contributed by atoms with van der Waals surface area (Å²) in [7, 11) is 0. The maximum atomic E-state index is 12.4. The molecule has 0 bridgehead atoms. The molecule has 21 heavy (non-hydrogen) atoms. The topological polar surface area (TPSA) is 42.0 Å². The van der Waals surface area contributed by atoms with E-state index in [0.29, 0.717) is 10.7 Å². The number of rotatable bonds is 4. The highest BCUT2D eigenvalue weighted by Gasteiger charge is 2.12. The van der Waals surface area contributed by atoms with Gasteiger partial charge in [0.25, 0.3) is 5.91 Å². The molecule has 0 aliphatic rings. The molecule has 1 N–H and O–H groups in total. The second kappa shape index (κ2) is 6.83. The zero-order valence-corrected chi connectivity index (χ0v) is 12.1. The van der Waals surface area contributed by atoms with Crippen LogP contribution in [0.1, 0.15) is 16.1 Å². The number of carbonyl (C=O) groups excluding carboxylic acids is 1. The second-order valence-corrected chi connectivity index (χ2v) is 5.06. The average molecular weight is 331 g/mol. The fourth-order valence-electron chi connectivity index (χ4n) is 1.68. The Morgan fingerprint density at radius 3 is 2.62 bits per heavy atom. The van der Waals surface area contributed by atoms with E-state index in [4.69, 9.17) is 23.2 Å². The highest BCUT2D eigenvalue weighted by molar-refractivity contribution is 6.31. The van der Waals surface area contributed by atoms with Crippen molar-refractivity contribution in [2.24, 2.45) is 0 Å². The Hall–Kier alpha value is -1.72. The number of hydrogen-bond acceptors (Lipinski definition) is 2. The van der Waals surface area contributed by atoms with E-state index in [1.807, 2.05) is 0 Å². The minimum absolute atomic E-state index is 0.171. The molecular weight excluding hydrogens is 321 g/mol. The predicted molar refractivity (Wildman–Crippen MR) is 78.4 cm³/mol. The van der Waals surface area contributed by atoms with Gasteiger partial charge in [-0.2, -0.15) is 0 Å². The van der Waals surface area contributed by atoms with Gasteiger partial charge in [-0.05, 0) is 35.9 Å². The Kier molecular flexibility index (Phi) is 5.09. The number of carbonyl (C=O) groups is 1. The van der Waals surface area contributed by atoms with E-state index in [1.165, 1.54) is 36.5 Å². The lowest BCUT2D eigenvalue weighted by Crippen LogP contribution is -2.13. The Balaban J connectivity index is 2.15. The Bertz CT molecular complexity index is 648. The fourth-order valence-corrected chi connectivity index (χ4v) is 1.99. The van der Waals surface area contributed by atoms with Gasteiger partial charge in [0.1, 0.15) is 5.69 Å². The van der Waals surface area contributed by atoms with Gasteiger partial charge in [0.2, 0.25) is 6.43 Å². The zero-order chi connectivity index (χ0) is 15.4. The van der Waals surface area contributed by atoms with Crippen molar-refractivity contribution in [2.45, 2.75) is 12.8 Å². The van der Waals surface area contributed by atoms with Crippen LogP contribution >= 0.6 is 23.2 Å². The van der Waals surface area contributed by atoms with Crippen molar-refractivity contribution in [3.05, 3.63) is 57.8 Å². The van der Waals surface area contributed by atoms with Crippen molar-refractivity contribution in [1.82, 2.24) is 4.98 Å². The third-order valence-electron chi connectivity index (χ3n) is 2.64. The van der Waals surface area contributed by atoms with Gasteiger partial charge in [-0.25, -0.2) is 13.8 Å². The number of halogens is 4. The summed E-state index contributed by atoms with van der Waals surface area (Å²) >= 11 is 11.5. The minimum Gasteiger partial charge on any atom is -0.321 e. The fraction of sp³-hybridized carbons (Fsp3) is 0.143. The summed E-state index contributed by atoms with van der Waals surface area (Å²) in [5.74, 6) is -0.461. The third-order valence-corrected chi connectivity index (χ3v) is 3.23. The molecule has 1 heterocycles. The molecule has 1 aromatic carbocycles. The molecule has 0 saturated carbocycles. The van der Waals surface area contributed by atoms with Crippen molar-refractivity contribution in [1.29, 1.82) is 0 Å². The summed E-state index contributed by atoms with van der Waals surface area (Å²) in [6.45, 7) is 0. The normalized spacial score (nSPS) is 10.7. The van der Waals surface area contributed by atoms with E-state index in [0.717, 1.165) is 0 Å². The maximum Gasteiger partial charge on any atom is 0.274 e. The number of aromatic nitrogens is 1. The van der Waals surface area contributed by atoms with E-state index in [2.05, 4.69) is 10.3 Å². The maximum absolute atomic E-state index is 12.4. The molecule has 0 atom stereocenters. The van der Waals surface area contributed by atoms with Gasteiger partial charge in [-0.1, -0.05) is 23.2 Å². The van der Waals surface area contributed by atoms with Crippen LogP contribution in [0.15, 0.2) is 36.5 Å². The van der Waals surface area contributed by atoms with Gasteiger partial charge in [0, 0.05) is 23.3 Å². The highest BCUT2D eigenvalue weighted by Crippen LogP contribution is 2.23. The third kappa shape index (κ3) is 4.37. The molecule has 0 radical (unpaired) electrons. The molecule has 0 spiro atoms. The molecule has 0 aliphatic carbocycles. The number of amides is 1. The molecule has 110 valence electrons. The van der Waals surface area contributed by atoms with Crippen LogP contribution in [-0.2, 0) is 6.42 Å². The first-order chi connectivity index (χ1) is 9.95. The molecule has 3 nitrogen and oxygen atoms in total. The number of alkyl halides is 2. The Morgan fingerprint density at radius 2 is 2.00 bits per heavy atom. The minimum atomic E-state index is -2.51. The van der Waals surface area contributed by atoms with E-state index in [1.54, 1.807) is 0 Å². The van der Waals surface area contributed by atoms with Crippen molar-refractivity contribution in [2.75, 3.05) is 5.32 Å². The lowest BCUT2D eigenvalue weighted by molar-refractivity contribution is 0.102. The monoisotopic (exact) mass is 330 g/mol. The van der Waals surface area contributed by atoms with Gasteiger partial charge in [0.15, 0.2) is 0 Å². The summed E-state index contributed by atoms with van der Waals surface area (Å²) in [4.78, 5) is 15.8. The standard InChI is InChI=1S/C14H10Cl2F2N2O/c15-9-1-4-12(19-7-9)14(21)20-10-2-3-11(16)8(5-10)6-13(17)18/h1-5,7,13H,6H2,(H,20,21). The molecule has 1 aromatic heterocycles. The summed E-state index contributed by atoms with van der Waals surface area (Å²) in [6.07, 6.45) is -1.63. The van der Waals surface area contributed by atoms with Gasteiger partial charge in [-0.3, -0.25) is 4.79 Å². The van der Waals surface area contributed by atoms with Crippen molar-refractivity contribution in [3.8, 4) is 0 Å². The molecule has 0 fully saturated rings. The first-order valence-corrected chi connectivity index (χ1v) is 6.71. The summed E-state index contributed by atoms with van der Waals surface area (Å²) in [5, 5.41) is 3.22. The van der Waals surface area contributed by atoms with E-state index >= 15 is 0 Å². The quantitative estimate of drug-likeness (QED) is 0.899. The van der Waals surface area contributed by atoms with Crippen LogP contribution in [0, 0.1) is 0 Å².